The third-order valence-corrected chi connectivity index (χ3v) is 14.2. The Hall–Kier alpha value is -5.89. The van der Waals surface area contributed by atoms with Gasteiger partial charge in [0.05, 0.1) is 77.5 Å². The predicted octanol–water partition coefficient (Wildman–Crippen LogP) is 11.1. The van der Waals surface area contributed by atoms with E-state index in [4.69, 9.17) is 18.9 Å². The summed E-state index contributed by atoms with van der Waals surface area (Å²) in [4.78, 5) is 0. The molecule has 0 aliphatic carbocycles. The minimum Gasteiger partial charge on any atom is -0.491 e. The first kappa shape index (κ1) is 65.9. The average molecular weight is 1310 g/mol. The molecule has 6 aromatic rings. The van der Waals surface area contributed by atoms with E-state index in [-0.39, 0.29) is 21.2 Å². The summed E-state index contributed by atoms with van der Waals surface area (Å²) in [5, 5.41) is 0. The Bertz CT molecular complexity index is 2600. The quantitative estimate of drug-likeness (QED) is 0.0419. The van der Waals surface area contributed by atoms with Crippen LogP contribution in [0.25, 0.3) is 0 Å². The van der Waals surface area contributed by atoms with Crippen molar-refractivity contribution in [2.45, 2.75) is 49.4 Å². The van der Waals surface area contributed by atoms with Crippen molar-refractivity contribution in [1.82, 2.24) is 0 Å². The second-order valence-corrected chi connectivity index (χ2v) is 20.2. The van der Waals surface area contributed by atoms with Crippen LogP contribution in [0.3, 0.4) is 0 Å². The molecule has 0 bridgehead atoms. The van der Waals surface area contributed by atoms with Gasteiger partial charge in [-0.05, 0) is 60.7 Å². The lowest BCUT2D eigenvalue weighted by atomic mass is 9.12. The highest BCUT2D eigenvalue weighted by atomic mass is 127. The Morgan fingerprint density at radius 2 is 0.556 bits per heavy atom. The molecule has 0 aliphatic heterocycles. The number of hydrogen-bond donors (Lipinski definition) is 0. The van der Waals surface area contributed by atoms with Gasteiger partial charge in [0.2, 0.25) is 0 Å². The number of halogens is 25. The van der Waals surface area contributed by atoms with Gasteiger partial charge in [-0.25, -0.2) is 0 Å². The molecule has 0 N–H and O–H groups in total. The van der Waals surface area contributed by atoms with Crippen LogP contribution < -0.4 is 47.8 Å². The number of ether oxygens (including phenoxy) is 4. The molecular formula is C51H36BF24IO4. The predicted molar refractivity (Wildman–Crippen MR) is 239 cm³/mol. The summed E-state index contributed by atoms with van der Waals surface area (Å²) >= 11 is -0.116. The van der Waals surface area contributed by atoms with E-state index in [9.17, 15) is 105 Å². The average Bonchev–Trinajstić information content (AvgIpc) is 3.40. The molecule has 0 amide bonds. The third kappa shape index (κ3) is 17.8. The molecule has 0 unspecified atom stereocenters. The van der Waals surface area contributed by atoms with Gasteiger partial charge < -0.3 is 18.9 Å². The molecule has 0 fully saturated rings. The van der Waals surface area contributed by atoms with Gasteiger partial charge in [0.1, 0.15) is 18.5 Å². The van der Waals surface area contributed by atoms with E-state index in [1.807, 2.05) is 12.1 Å². The van der Waals surface area contributed by atoms with Crippen molar-refractivity contribution in [3.05, 3.63) is 179 Å². The maximum absolute atomic E-state index is 14.2. The monoisotopic (exact) mass is 1310 g/mol. The van der Waals surface area contributed by atoms with E-state index in [0.29, 0.717) is 39.6 Å². The van der Waals surface area contributed by atoms with Crippen molar-refractivity contribution in [2.24, 2.45) is 0 Å². The summed E-state index contributed by atoms with van der Waals surface area (Å²) in [6.07, 6.45) is -54.8. The Balaban J connectivity index is 0.000000416. The van der Waals surface area contributed by atoms with Gasteiger partial charge >= 0.3 is 70.6 Å². The molecule has 0 saturated carbocycles. The fraction of sp³-hybridized carbons (Fsp3) is 0.294. The lowest BCUT2D eigenvalue weighted by Gasteiger charge is -2.46. The first-order valence-electron chi connectivity index (χ1n) is 22.6. The maximum Gasteiger partial charge on any atom is 0.416 e. The standard InChI is InChI=1S/C32H12BF24.C19H24IO4/c34-25(35,36)13-1-14(26(37,38)39)6-21(5-13)33(22-7-15(27(40,41)42)2-16(8-22)28(43,44)45,23-9-17(29(46,47)48)3-18(10-23)30(49,50)51)24-11-19(31(52,53)54)4-20(12-24)32(55,56)57;1-21-11-12-22-13-14-23-15-16-24-19-9-7-18(8-10-19)20-17-5-3-2-4-6-17/h1-12H;2-10H,11-16H2,1H3/q-1;+1. The summed E-state index contributed by atoms with van der Waals surface area (Å²) in [5.74, 6) is 0.885. The lowest BCUT2D eigenvalue weighted by molar-refractivity contribution is -0.597. The summed E-state index contributed by atoms with van der Waals surface area (Å²) in [7, 11) is 1.66. The molecule has 0 radical (unpaired) electrons. The fourth-order valence-corrected chi connectivity index (χ4v) is 10.2. The van der Waals surface area contributed by atoms with Crippen molar-refractivity contribution < 1.29 is 146 Å². The number of alkyl halides is 24. The van der Waals surface area contributed by atoms with Gasteiger partial charge in [0.15, 0.2) is 7.14 Å². The van der Waals surface area contributed by atoms with Gasteiger partial charge in [-0.2, -0.15) is 127 Å². The van der Waals surface area contributed by atoms with Gasteiger partial charge in [-0.15, -0.1) is 0 Å². The molecule has 0 aromatic heterocycles. The van der Waals surface area contributed by atoms with Gasteiger partial charge in [0.25, 0.3) is 0 Å². The van der Waals surface area contributed by atoms with E-state index >= 15 is 0 Å². The van der Waals surface area contributed by atoms with Crippen LogP contribution in [-0.2, 0) is 63.6 Å². The Kier molecular flexibility index (Phi) is 20.6. The summed E-state index contributed by atoms with van der Waals surface area (Å²) < 4.78 is 365. The first-order valence-corrected chi connectivity index (χ1v) is 24.7. The van der Waals surface area contributed by atoms with E-state index < -0.39 is 195 Å². The highest BCUT2D eigenvalue weighted by Gasteiger charge is 2.47. The van der Waals surface area contributed by atoms with Crippen LogP contribution in [0.15, 0.2) is 127 Å². The third-order valence-electron chi connectivity index (χ3n) is 11.5. The van der Waals surface area contributed by atoms with Crippen LogP contribution in [0.5, 0.6) is 5.75 Å². The summed E-state index contributed by atoms with van der Waals surface area (Å²) in [6, 6.07) is 10.2. The zero-order chi connectivity index (χ0) is 60.8. The van der Waals surface area contributed by atoms with E-state index in [2.05, 4.69) is 42.5 Å². The topological polar surface area (TPSA) is 36.9 Å². The van der Waals surface area contributed by atoms with Crippen LogP contribution >= 0.6 is 0 Å². The largest absolute Gasteiger partial charge is 0.491 e. The molecule has 0 aliphatic rings. The Labute approximate surface area is 453 Å². The molecule has 4 nitrogen and oxygen atoms in total. The van der Waals surface area contributed by atoms with Crippen LogP contribution in [0.1, 0.15) is 44.5 Å². The van der Waals surface area contributed by atoms with Crippen LogP contribution in [-0.4, -0.2) is 52.9 Å². The first-order chi connectivity index (χ1) is 37.1. The highest BCUT2D eigenvalue weighted by molar-refractivity contribution is 7.20. The van der Waals surface area contributed by atoms with Gasteiger partial charge in [-0.3, -0.25) is 0 Å². The van der Waals surface area contributed by atoms with E-state index in [0.717, 1.165) is 5.75 Å². The summed E-state index contributed by atoms with van der Waals surface area (Å²) in [6.45, 7) is 3.49. The molecule has 81 heavy (non-hydrogen) atoms. The molecule has 0 atom stereocenters. The lowest BCUT2D eigenvalue weighted by Crippen LogP contribution is -3.61. The second-order valence-electron chi connectivity index (χ2n) is 17.1. The zero-order valence-corrected chi connectivity index (χ0v) is 42.7. The van der Waals surface area contributed by atoms with Gasteiger partial charge in [-0.1, -0.05) is 66.7 Å². The van der Waals surface area contributed by atoms with Crippen molar-refractivity contribution in [3.63, 3.8) is 0 Å². The van der Waals surface area contributed by atoms with Crippen LogP contribution in [0, 0.1) is 7.14 Å². The normalized spacial score (nSPS) is 13.2. The smallest absolute Gasteiger partial charge is 0.416 e. The van der Waals surface area contributed by atoms with Crippen molar-refractivity contribution >= 4 is 28.0 Å². The maximum atomic E-state index is 14.2. The second kappa shape index (κ2) is 25.3. The summed E-state index contributed by atoms with van der Waals surface area (Å²) in [5.41, 5.74) is -30.2. The van der Waals surface area contributed by atoms with E-state index in [1.54, 1.807) is 7.11 Å². The molecule has 6 aromatic carbocycles. The molecule has 6 rings (SSSR count). The minimum absolute atomic E-state index is 0.116. The molecule has 0 heterocycles. The van der Waals surface area contributed by atoms with Crippen LogP contribution in [0.2, 0.25) is 0 Å². The Morgan fingerprint density at radius 3 is 0.815 bits per heavy atom. The number of benzene rings is 6. The number of hydrogen-bond acceptors (Lipinski definition) is 4. The van der Waals surface area contributed by atoms with Crippen LogP contribution in [0.4, 0.5) is 105 Å². The molecule has 442 valence electrons. The minimum atomic E-state index is -6.13. The van der Waals surface area contributed by atoms with Crippen molar-refractivity contribution in [1.29, 1.82) is 0 Å². The van der Waals surface area contributed by atoms with Crippen molar-refractivity contribution in [3.8, 4) is 5.75 Å². The van der Waals surface area contributed by atoms with Crippen molar-refractivity contribution in [2.75, 3.05) is 46.8 Å². The fourth-order valence-electron chi connectivity index (χ4n) is 7.95. The molecular weight excluding hydrogens is 1270 g/mol. The van der Waals surface area contributed by atoms with E-state index in [1.165, 1.54) is 7.14 Å². The molecule has 30 heteroatoms. The molecule has 0 saturated heterocycles. The SMILES string of the molecule is COCCOCCOCCOc1ccc([I+]c2ccccc2)cc1.FC(F)(F)c1cc([B-](c2cc(C(F)(F)F)cc(C(F)(F)F)c2)(c2cc(C(F)(F)F)cc(C(F)(F)F)c2)c2cc(C(F)(F)F)cc(C(F)(F)F)c2)cc(C(F)(F)F)c1. The van der Waals surface area contributed by atoms with Gasteiger partial charge in [0, 0.05) is 7.11 Å². The number of rotatable bonds is 16. The number of methoxy groups -OCH3 is 1. The Morgan fingerprint density at radius 1 is 0.309 bits per heavy atom. The highest BCUT2D eigenvalue weighted by Crippen LogP contribution is 2.41. The molecule has 0 spiro atoms. The zero-order valence-electron chi connectivity index (χ0n) is 40.5.